The van der Waals surface area contributed by atoms with E-state index in [4.69, 9.17) is 0 Å². The fourth-order valence-electron chi connectivity index (χ4n) is 3.88. The number of hydrogen-bond acceptors (Lipinski definition) is 8. The summed E-state index contributed by atoms with van der Waals surface area (Å²) in [7, 11) is 0. The van der Waals surface area contributed by atoms with E-state index in [1.165, 1.54) is 12.1 Å². The van der Waals surface area contributed by atoms with Crippen molar-refractivity contribution in [3.05, 3.63) is 135 Å². The van der Waals surface area contributed by atoms with Gasteiger partial charge in [-0.1, -0.05) is 72.0 Å². The predicted molar refractivity (Wildman–Crippen MR) is 151 cm³/mol. The van der Waals surface area contributed by atoms with Gasteiger partial charge in [0, 0.05) is 28.8 Å². The van der Waals surface area contributed by atoms with Gasteiger partial charge in [0.15, 0.2) is 5.78 Å². The summed E-state index contributed by atoms with van der Waals surface area (Å²) in [4.78, 5) is 49.9. The number of rotatable bonds is 8. The van der Waals surface area contributed by atoms with Crippen molar-refractivity contribution < 1.29 is 19.3 Å². The Hall–Kier alpha value is -5.55. The third kappa shape index (κ3) is 5.64. The van der Waals surface area contributed by atoms with Gasteiger partial charge in [0.25, 0.3) is 17.5 Å². The molecule has 1 aromatic heterocycles. The zero-order valence-electron chi connectivity index (χ0n) is 20.6. The minimum absolute atomic E-state index is 0.0486. The van der Waals surface area contributed by atoms with Gasteiger partial charge in [-0.2, -0.15) is 0 Å². The standard InChI is InChI=1S/C29H19N5O5S/c35-25(18-8-2-1-3-9-18)21-10-4-5-11-22(21)26(36)30-24-13-7-6-12-23(24)27(37)31-29-33-32-28(40-29)19-14-16-20(17-15-19)34(38)39/h1-17H,(H,30,36)(H,31,33,37). The number of anilines is 2. The predicted octanol–water partition coefficient (Wildman–Crippen LogP) is 5.85. The number of carbonyl (C=O) groups is 3. The van der Waals surface area contributed by atoms with E-state index in [-0.39, 0.29) is 39.0 Å². The molecule has 0 saturated carbocycles. The van der Waals surface area contributed by atoms with Crippen LogP contribution in [0.1, 0.15) is 36.6 Å². The number of nitrogens with one attached hydrogen (secondary N) is 2. The van der Waals surface area contributed by atoms with E-state index >= 15 is 0 Å². The van der Waals surface area contributed by atoms with Crippen LogP contribution in [0, 0.1) is 10.1 Å². The maximum atomic E-state index is 13.3. The van der Waals surface area contributed by atoms with Crippen LogP contribution in [0.2, 0.25) is 0 Å². The number of non-ortho nitro benzene ring substituents is 1. The second kappa shape index (κ2) is 11.5. The monoisotopic (exact) mass is 549 g/mol. The highest BCUT2D eigenvalue weighted by atomic mass is 32.1. The zero-order chi connectivity index (χ0) is 28.1. The molecule has 0 fully saturated rings. The average Bonchev–Trinajstić information content (AvgIpc) is 3.46. The summed E-state index contributed by atoms with van der Waals surface area (Å²) in [6, 6.07) is 27.4. The Kier molecular flexibility index (Phi) is 7.47. The van der Waals surface area contributed by atoms with Crippen molar-refractivity contribution in [1.82, 2.24) is 10.2 Å². The van der Waals surface area contributed by atoms with Crippen molar-refractivity contribution in [2.45, 2.75) is 0 Å². The first-order valence-electron chi connectivity index (χ1n) is 11.9. The van der Waals surface area contributed by atoms with Crippen molar-refractivity contribution in [2.24, 2.45) is 0 Å². The first kappa shape index (κ1) is 26.1. The minimum atomic E-state index is -0.545. The lowest BCUT2D eigenvalue weighted by Crippen LogP contribution is -2.20. The summed E-state index contributed by atoms with van der Waals surface area (Å²) < 4.78 is 0. The Balaban J connectivity index is 1.33. The lowest BCUT2D eigenvalue weighted by atomic mass is 9.98. The van der Waals surface area contributed by atoms with Gasteiger partial charge >= 0.3 is 0 Å². The molecular formula is C29H19N5O5S. The van der Waals surface area contributed by atoms with E-state index in [2.05, 4.69) is 20.8 Å². The maximum Gasteiger partial charge on any atom is 0.269 e. The van der Waals surface area contributed by atoms with E-state index in [9.17, 15) is 24.5 Å². The summed E-state index contributed by atoms with van der Waals surface area (Å²) in [5.41, 5.74) is 1.84. The summed E-state index contributed by atoms with van der Waals surface area (Å²) in [6.07, 6.45) is 0. The molecule has 11 heteroatoms. The van der Waals surface area contributed by atoms with Crippen molar-refractivity contribution in [1.29, 1.82) is 0 Å². The molecular weight excluding hydrogens is 530 g/mol. The van der Waals surface area contributed by atoms with E-state index < -0.39 is 16.7 Å². The number of nitro benzene ring substituents is 1. The summed E-state index contributed by atoms with van der Waals surface area (Å²) >= 11 is 1.09. The molecule has 1 heterocycles. The lowest BCUT2D eigenvalue weighted by Gasteiger charge is -2.12. The molecule has 2 amide bonds. The van der Waals surface area contributed by atoms with Gasteiger partial charge in [0.05, 0.1) is 21.7 Å². The fourth-order valence-corrected chi connectivity index (χ4v) is 4.63. The van der Waals surface area contributed by atoms with Crippen LogP contribution in [0.5, 0.6) is 0 Å². The first-order chi connectivity index (χ1) is 19.4. The Morgan fingerprint density at radius 2 is 1.27 bits per heavy atom. The molecule has 0 aliphatic heterocycles. The number of ketones is 1. The molecule has 10 nitrogen and oxygen atoms in total. The van der Waals surface area contributed by atoms with Gasteiger partial charge in [-0.15, -0.1) is 10.2 Å². The van der Waals surface area contributed by atoms with Crippen LogP contribution in [0.4, 0.5) is 16.5 Å². The average molecular weight is 550 g/mol. The molecule has 4 aromatic carbocycles. The van der Waals surface area contributed by atoms with Gasteiger partial charge in [0.1, 0.15) is 5.01 Å². The Labute approximate surface area is 231 Å². The SMILES string of the molecule is O=C(Nc1nnc(-c2ccc([N+](=O)[O-])cc2)s1)c1ccccc1NC(=O)c1ccccc1C(=O)c1ccccc1. The largest absolute Gasteiger partial charge is 0.321 e. The lowest BCUT2D eigenvalue weighted by molar-refractivity contribution is -0.384. The van der Waals surface area contributed by atoms with Crippen molar-refractivity contribution in [3.63, 3.8) is 0 Å². The molecule has 196 valence electrons. The van der Waals surface area contributed by atoms with Gasteiger partial charge < -0.3 is 5.32 Å². The van der Waals surface area contributed by atoms with Gasteiger partial charge in [0.2, 0.25) is 5.13 Å². The molecule has 2 N–H and O–H groups in total. The molecule has 0 spiro atoms. The van der Waals surface area contributed by atoms with Crippen molar-refractivity contribution >= 4 is 45.4 Å². The quantitative estimate of drug-likeness (QED) is 0.140. The number of aromatic nitrogens is 2. The molecule has 0 bridgehead atoms. The first-order valence-corrected chi connectivity index (χ1v) is 12.7. The fraction of sp³-hybridized carbons (Fsp3) is 0. The minimum Gasteiger partial charge on any atom is -0.321 e. The number of amides is 2. The molecule has 0 aliphatic carbocycles. The summed E-state index contributed by atoms with van der Waals surface area (Å²) in [5.74, 6) is -1.37. The number of hydrogen-bond donors (Lipinski definition) is 2. The van der Waals surface area contributed by atoms with Gasteiger partial charge in [-0.05, 0) is 30.3 Å². The molecule has 0 saturated heterocycles. The maximum absolute atomic E-state index is 13.3. The third-order valence-corrected chi connectivity index (χ3v) is 6.73. The van der Waals surface area contributed by atoms with Crippen LogP contribution < -0.4 is 10.6 Å². The molecule has 0 aliphatic rings. The zero-order valence-corrected chi connectivity index (χ0v) is 21.4. The highest BCUT2D eigenvalue weighted by Gasteiger charge is 2.21. The van der Waals surface area contributed by atoms with Crippen LogP contribution in [0.25, 0.3) is 10.6 Å². The van der Waals surface area contributed by atoms with Crippen LogP contribution in [0.3, 0.4) is 0 Å². The Bertz CT molecular complexity index is 1740. The summed E-state index contributed by atoms with van der Waals surface area (Å²) in [6.45, 7) is 0. The smallest absolute Gasteiger partial charge is 0.269 e. The normalized spacial score (nSPS) is 10.5. The van der Waals surface area contributed by atoms with E-state index in [1.54, 1.807) is 91.0 Å². The molecule has 0 radical (unpaired) electrons. The molecule has 0 atom stereocenters. The number of benzene rings is 4. The number of nitro groups is 1. The molecule has 40 heavy (non-hydrogen) atoms. The molecule has 5 rings (SSSR count). The van der Waals surface area contributed by atoms with E-state index in [0.29, 0.717) is 16.1 Å². The second-order valence-electron chi connectivity index (χ2n) is 8.41. The topological polar surface area (TPSA) is 144 Å². The van der Waals surface area contributed by atoms with Crippen LogP contribution in [0.15, 0.2) is 103 Å². The van der Waals surface area contributed by atoms with E-state index in [1.807, 2.05) is 0 Å². The number of nitrogens with zero attached hydrogens (tertiary/aromatic N) is 3. The van der Waals surface area contributed by atoms with Crippen LogP contribution in [-0.2, 0) is 0 Å². The van der Waals surface area contributed by atoms with Crippen LogP contribution in [-0.4, -0.2) is 32.7 Å². The van der Waals surface area contributed by atoms with Gasteiger partial charge in [-0.25, -0.2) is 0 Å². The summed E-state index contributed by atoms with van der Waals surface area (Å²) in [5, 5.41) is 25.0. The Morgan fingerprint density at radius 1 is 0.675 bits per heavy atom. The van der Waals surface area contributed by atoms with Crippen LogP contribution >= 0.6 is 11.3 Å². The highest BCUT2D eigenvalue weighted by molar-refractivity contribution is 7.18. The van der Waals surface area contributed by atoms with Crippen molar-refractivity contribution in [2.75, 3.05) is 10.6 Å². The molecule has 0 unspecified atom stereocenters. The van der Waals surface area contributed by atoms with E-state index in [0.717, 1.165) is 11.3 Å². The van der Waals surface area contributed by atoms with Gasteiger partial charge in [-0.3, -0.25) is 29.8 Å². The Morgan fingerprint density at radius 3 is 1.98 bits per heavy atom. The third-order valence-electron chi connectivity index (χ3n) is 5.84. The highest BCUT2D eigenvalue weighted by Crippen LogP contribution is 2.28. The van der Waals surface area contributed by atoms with Crippen molar-refractivity contribution in [3.8, 4) is 10.6 Å². The number of para-hydroxylation sites is 1. The second-order valence-corrected chi connectivity index (χ2v) is 9.39. The molecule has 5 aromatic rings. The number of carbonyl (C=O) groups excluding carboxylic acids is 3.